The van der Waals surface area contributed by atoms with Crippen LogP contribution in [0.2, 0.25) is 0 Å². The summed E-state index contributed by atoms with van der Waals surface area (Å²) >= 11 is 0.394. The van der Waals surface area contributed by atoms with E-state index in [1.54, 1.807) is 35.0 Å². The van der Waals surface area contributed by atoms with Crippen molar-refractivity contribution in [1.29, 1.82) is 0 Å². The van der Waals surface area contributed by atoms with Gasteiger partial charge >= 0.3 is 0 Å². The third-order valence-corrected chi connectivity index (χ3v) is 4.26. The number of benzene rings is 2. The quantitative estimate of drug-likeness (QED) is 0.669. The van der Waals surface area contributed by atoms with E-state index < -0.39 is 11.7 Å². The summed E-state index contributed by atoms with van der Waals surface area (Å²) in [5.41, 5.74) is 2.20. The van der Waals surface area contributed by atoms with Gasteiger partial charge in [0.25, 0.3) is 11.7 Å². The van der Waals surface area contributed by atoms with Crippen molar-refractivity contribution in [2.24, 2.45) is 0 Å². The predicted octanol–water partition coefficient (Wildman–Crippen LogP) is 4.75. The first kappa shape index (κ1) is 17.2. The summed E-state index contributed by atoms with van der Waals surface area (Å²) in [7, 11) is 0. The van der Waals surface area contributed by atoms with Crippen LogP contribution in [0.5, 0.6) is 0 Å². The first-order valence-corrected chi connectivity index (χ1v) is 8.40. The summed E-state index contributed by atoms with van der Waals surface area (Å²) < 4.78 is 26.9. The molecule has 2 aromatic carbocycles. The highest BCUT2D eigenvalue weighted by atomic mass is 32.2. The van der Waals surface area contributed by atoms with E-state index in [2.05, 4.69) is 10.4 Å². The highest BCUT2D eigenvalue weighted by Gasteiger charge is 2.16. The van der Waals surface area contributed by atoms with E-state index >= 15 is 0 Å². The number of halogens is 2. The number of thioether (sulfide) groups is 1. The van der Waals surface area contributed by atoms with Gasteiger partial charge in [-0.1, -0.05) is 42.1 Å². The van der Waals surface area contributed by atoms with Gasteiger partial charge in [0, 0.05) is 10.6 Å². The zero-order valence-corrected chi connectivity index (χ0v) is 14.1. The number of alkyl halides is 2. The van der Waals surface area contributed by atoms with Crippen LogP contribution in [0, 0.1) is 6.92 Å². The fraction of sp³-hybridized carbons (Fsp3) is 0.111. The lowest BCUT2D eigenvalue weighted by atomic mass is 10.3. The Kier molecular flexibility index (Phi) is 5.14. The molecule has 0 bridgehead atoms. The molecule has 0 saturated heterocycles. The lowest BCUT2D eigenvalue weighted by Crippen LogP contribution is -2.14. The predicted molar refractivity (Wildman–Crippen MR) is 94.6 cm³/mol. The second kappa shape index (κ2) is 7.48. The zero-order valence-electron chi connectivity index (χ0n) is 13.3. The van der Waals surface area contributed by atoms with Crippen molar-refractivity contribution in [1.82, 2.24) is 9.78 Å². The van der Waals surface area contributed by atoms with Crippen LogP contribution in [0.3, 0.4) is 0 Å². The Labute approximate surface area is 147 Å². The van der Waals surface area contributed by atoms with Gasteiger partial charge in [0.05, 0.1) is 11.4 Å². The molecule has 0 atom stereocenters. The van der Waals surface area contributed by atoms with E-state index in [0.717, 1.165) is 11.4 Å². The molecule has 0 radical (unpaired) electrons. The van der Waals surface area contributed by atoms with Crippen LogP contribution in [0.1, 0.15) is 16.2 Å². The Morgan fingerprint density at radius 1 is 1.12 bits per heavy atom. The molecular weight excluding hydrogens is 344 g/mol. The molecule has 4 nitrogen and oxygen atoms in total. The largest absolute Gasteiger partial charge is 0.320 e. The molecule has 1 N–H and O–H groups in total. The molecular formula is C18H15F2N3OS. The number of carbonyl (C=O) groups excluding carboxylic acids is 1. The van der Waals surface area contributed by atoms with Gasteiger partial charge in [0.15, 0.2) is 5.69 Å². The Balaban J connectivity index is 1.84. The van der Waals surface area contributed by atoms with Crippen LogP contribution in [-0.2, 0) is 0 Å². The highest BCUT2D eigenvalue weighted by molar-refractivity contribution is 7.99. The lowest BCUT2D eigenvalue weighted by Gasteiger charge is -2.09. The summed E-state index contributed by atoms with van der Waals surface area (Å²) in [5, 5.41) is 6.97. The molecule has 0 fully saturated rings. The van der Waals surface area contributed by atoms with Gasteiger partial charge in [-0.05, 0) is 37.3 Å². The minimum Gasteiger partial charge on any atom is -0.320 e. The van der Waals surface area contributed by atoms with E-state index in [1.165, 1.54) is 0 Å². The number of anilines is 1. The van der Waals surface area contributed by atoms with Gasteiger partial charge < -0.3 is 5.32 Å². The van der Waals surface area contributed by atoms with E-state index in [1.807, 2.05) is 37.3 Å². The Morgan fingerprint density at radius 3 is 2.52 bits per heavy atom. The maximum Gasteiger partial charge on any atom is 0.288 e. The number of hydrogen-bond donors (Lipinski definition) is 1. The first-order valence-electron chi connectivity index (χ1n) is 7.52. The normalized spacial score (nSPS) is 10.9. The average molecular weight is 359 g/mol. The Hall–Kier alpha value is -2.67. The van der Waals surface area contributed by atoms with Crippen molar-refractivity contribution in [2.75, 3.05) is 5.32 Å². The molecule has 3 aromatic rings. The number of rotatable bonds is 5. The molecule has 25 heavy (non-hydrogen) atoms. The van der Waals surface area contributed by atoms with Crippen LogP contribution in [0.25, 0.3) is 5.69 Å². The Bertz CT molecular complexity index is 881. The number of para-hydroxylation sites is 2. The summed E-state index contributed by atoms with van der Waals surface area (Å²) in [5.74, 6) is -3.00. The second-order valence-corrected chi connectivity index (χ2v) is 6.28. The third kappa shape index (κ3) is 4.06. The van der Waals surface area contributed by atoms with Crippen molar-refractivity contribution in [3.63, 3.8) is 0 Å². The molecule has 128 valence electrons. The SMILES string of the molecule is Cc1cc(C(=O)Nc2ccccc2SC(F)F)nn1-c1ccccc1. The smallest absolute Gasteiger partial charge is 0.288 e. The van der Waals surface area contributed by atoms with Gasteiger partial charge in [0.2, 0.25) is 0 Å². The number of hydrogen-bond acceptors (Lipinski definition) is 3. The molecule has 1 aromatic heterocycles. The van der Waals surface area contributed by atoms with Crippen molar-refractivity contribution in [3.05, 3.63) is 72.1 Å². The molecule has 7 heteroatoms. The fourth-order valence-corrected chi connectivity index (χ4v) is 2.97. The topological polar surface area (TPSA) is 46.9 Å². The molecule has 0 aliphatic rings. The van der Waals surface area contributed by atoms with Crippen LogP contribution in [0.15, 0.2) is 65.6 Å². The number of nitrogens with one attached hydrogen (secondary N) is 1. The number of carbonyl (C=O) groups is 1. The minimum atomic E-state index is -2.56. The van der Waals surface area contributed by atoms with Crippen LogP contribution >= 0.6 is 11.8 Å². The van der Waals surface area contributed by atoms with Crippen molar-refractivity contribution in [3.8, 4) is 5.69 Å². The minimum absolute atomic E-state index is 0.221. The maximum absolute atomic E-state index is 12.6. The summed E-state index contributed by atoms with van der Waals surface area (Å²) in [6.45, 7) is 1.84. The standard InChI is InChI=1S/C18H15F2N3OS/c1-12-11-15(22-23(12)13-7-3-2-4-8-13)17(24)21-14-9-5-6-10-16(14)25-18(19)20/h2-11,18H,1H3,(H,21,24). The molecule has 1 amide bonds. The molecule has 0 unspecified atom stereocenters. The molecule has 0 aliphatic heterocycles. The highest BCUT2D eigenvalue weighted by Crippen LogP contribution is 2.31. The van der Waals surface area contributed by atoms with Gasteiger partial charge in [-0.2, -0.15) is 13.9 Å². The van der Waals surface area contributed by atoms with Crippen LogP contribution < -0.4 is 5.32 Å². The lowest BCUT2D eigenvalue weighted by molar-refractivity contribution is 0.102. The monoisotopic (exact) mass is 359 g/mol. The summed E-state index contributed by atoms with van der Waals surface area (Å²) in [6, 6.07) is 17.5. The van der Waals surface area contributed by atoms with Gasteiger partial charge in [-0.15, -0.1) is 0 Å². The molecule has 3 rings (SSSR count). The van der Waals surface area contributed by atoms with E-state index in [0.29, 0.717) is 22.3 Å². The molecule has 0 aliphatic carbocycles. The van der Waals surface area contributed by atoms with Gasteiger partial charge in [0.1, 0.15) is 0 Å². The zero-order chi connectivity index (χ0) is 17.8. The number of nitrogens with zero attached hydrogens (tertiary/aromatic N) is 2. The van der Waals surface area contributed by atoms with E-state index in [4.69, 9.17) is 0 Å². The number of aromatic nitrogens is 2. The summed E-state index contributed by atoms with van der Waals surface area (Å²) in [6.07, 6.45) is 0. The second-order valence-electron chi connectivity index (χ2n) is 5.25. The maximum atomic E-state index is 12.6. The van der Waals surface area contributed by atoms with Crippen LogP contribution in [-0.4, -0.2) is 21.4 Å². The molecule has 0 spiro atoms. The third-order valence-electron chi connectivity index (χ3n) is 3.47. The van der Waals surface area contributed by atoms with Crippen molar-refractivity contribution in [2.45, 2.75) is 17.6 Å². The molecule has 0 saturated carbocycles. The van der Waals surface area contributed by atoms with E-state index in [-0.39, 0.29) is 5.69 Å². The fourth-order valence-electron chi connectivity index (χ4n) is 2.37. The van der Waals surface area contributed by atoms with Crippen LogP contribution in [0.4, 0.5) is 14.5 Å². The van der Waals surface area contributed by atoms with Crippen molar-refractivity contribution < 1.29 is 13.6 Å². The number of amides is 1. The molecule has 1 heterocycles. The number of aryl methyl sites for hydroxylation is 1. The average Bonchev–Trinajstić information content (AvgIpc) is 2.99. The van der Waals surface area contributed by atoms with E-state index in [9.17, 15) is 13.6 Å². The van der Waals surface area contributed by atoms with Gasteiger partial charge in [-0.3, -0.25) is 4.79 Å². The first-order chi connectivity index (χ1) is 12.0. The summed E-state index contributed by atoms with van der Waals surface area (Å²) in [4.78, 5) is 12.8. The van der Waals surface area contributed by atoms with Crippen molar-refractivity contribution >= 4 is 23.4 Å². The van der Waals surface area contributed by atoms with Gasteiger partial charge in [-0.25, -0.2) is 4.68 Å². The Morgan fingerprint density at radius 2 is 1.80 bits per heavy atom.